The number of nitrogens with zero attached hydrogens (tertiary/aromatic N) is 1. The van der Waals surface area contributed by atoms with Gasteiger partial charge in [-0.25, -0.2) is 4.39 Å². The van der Waals surface area contributed by atoms with Crippen LogP contribution in [0.2, 0.25) is 0 Å². The molecule has 1 amide bonds. The Labute approximate surface area is 114 Å². The van der Waals surface area contributed by atoms with Crippen molar-refractivity contribution < 1.29 is 14.1 Å². The summed E-state index contributed by atoms with van der Waals surface area (Å²) in [5.74, 6) is -1.32. The molecule has 0 unspecified atom stereocenters. The number of nitro benzene ring substituents is 1. The summed E-state index contributed by atoms with van der Waals surface area (Å²) in [5.41, 5.74) is -0.163. The number of rotatable bonds is 3. The van der Waals surface area contributed by atoms with E-state index in [1.807, 2.05) is 0 Å². The number of H-pyrrole nitrogens is 1. The molecule has 0 fully saturated rings. The highest BCUT2D eigenvalue weighted by molar-refractivity contribution is 9.10. The molecule has 2 rings (SSSR count). The number of anilines is 1. The lowest BCUT2D eigenvalue weighted by atomic mass is 10.2. The average Bonchev–Trinajstić information content (AvgIpc) is 2.75. The summed E-state index contributed by atoms with van der Waals surface area (Å²) in [6.07, 6.45) is 1.56. The third-order valence-corrected chi connectivity index (χ3v) is 2.70. The highest BCUT2D eigenvalue weighted by Gasteiger charge is 2.13. The summed E-state index contributed by atoms with van der Waals surface area (Å²) in [7, 11) is 0. The molecule has 0 aliphatic rings. The lowest BCUT2D eigenvalue weighted by Gasteiger charge is -2.03. The summed E-state index contributed by atoms with van der Waals surface area (Å²) in [6.45, 7) is 0. The molecule has 0 spiro atoms. The first-order chi connectivity index (χ1) is 8.95. The molecule has 0 aliphatic carbocycles. The molecular formula is C11H7BrFN3O3. The maximum atomic E-state index is 13.2. The van der Waals surface area contributed by atoms with E-state index in [4.69, 9.17) is 0 Å². The van der Waals surface area contributed by atoms with E-state index in [0.29, 0.717) is 4.47 Å². The summed E-state index contributed by atoms with van der Waals surface area (Å²) >= 11 is 3.17. The van der Waals surface area contributed by atoms with Crippen molar-refractivity contribution in [3.8, 4) is 0 Å². The van der Waals surface area contributed by atoms with Gasteiger partial charge in [-0.3, -0.25) is 14.9 Å². The highest BCUT2D eigenvalue weighted by atomic mass is 79.9. The van der Waals surface area contributed by atoms with E-state index in [2.05, 4.69) is 26.2 Å². The van der Waals surface area contributed by atoms with Crippen molar-refractivity contribution in [1.29, 1.82) is 0 Å². The van der Waals surface area contributed by atoms with Crippen LogP contribution in [0.5, 0.6) is 0 Å². The van der Waals surface area contributed by atoms with Crippen LogP contribution in [-0.4, -0.2) is 15.8 Å². The molecule has 8 heteroatoms. The van der Waals surface area contributed by atoms with Gasteiger partial charge in [0.2, 0.25) is 0 Å². The quantitative estimate of drug-likeness (QED) is 0.670. The van der Waals surface area contributed by atoms with E-state index < -0.39 is 22.3 Å². The average molecular weight is 328 g/mol. The van der Waals surface area contributed by atoms with Crippen LogP contribution in [0.4, 0.5) is 15.8 Å². The van der Waals surface area contributed by atoms with Crippen molar-refractivity contribution in [1.82, 2.24) is 4.98 Å². The van der Waals surface area contributed by atoms with Crippen LogP contribution in [0.15, 0.2) is 34.9 Å². The second kappa shape index (κ2) is 5.19. The number of hydrogen-bond acceptors (Lipinski definition) is 3. The number of aromatic amines is 1. The number of nitro groups is 1. The fourth-order valence-corrected chi connectivity index (χ4v) is 1.79. The summed E-state index contributed by atoms with van der Waals surface area (Å²) in [6, 6.07) is 4.39. The number of halogens is 2. The van der Waals surface area contributed by atoms with Gasteiger partial charge < -0.3 is 10.3 Å². The third-order valence-electron chi connectivity index (χ3n) is 2.24. The predicted octanol–water partition coefficient (Wildman–Crippen LogP) is 3.08. The number of benzene rings is 1. The molecule has 0 aliphatic heterocycles. The van der Waals surface area contributed by atoms with Crippen molar-refractivity contribution in [2.75, 3.05) is 5.32 Å². The Balaban J connectivity index is 2.23. The SMILES string of the molecule is O=C(Nc1cc(F)cc([N+](=O)[O-])c1)c1cc(Br)c[nH]1. The number of nitrogens with one attached hydrogen (secondary N) is 2. The molecule has 98 valence electrons. The van der Waals surface area contributed by atoms with Gasteiger partial charge in [0.05, 0.1) is 16.7 Å². The highest BCUT2D eigenvalue weighted by Crippen LogP contribution is 2.21. The van der Waals surface area contributed by atoms with Crippen molar-refractivity contribution in [3.05, 3.63) is 56.6 Å². The summed E-state index contributed by atoms with van der Waals surface area (Å²) < 4.78 is 13.9. The summed E-state index contributed by atoms with van der Waals surface area (Å²) in [5, 5.41) is 13.0. The minimum atomic E-state index is -0.794. The predicted molar refractivity (Wildman–Crippen MR) is 69.5 cm³/mol. The Kier molecular flexibility index (Phi) is 3.61. The van der Waals surface area contributed by atoms with Crippen molar-refractivity contribution in [2.24, 2.45) is 0 Å². The van der Waals surface area contributed by atoms with E-state index in [0.717, 1.165) is 18.2 Å². The van der Waals surface area contributed by atoms with Crippen LogP contribution >= 0.6 is 15.9 Å². The molecule has 6 nitrogen and oxygen atoms in total. The summed E-state index contributed by atoms with van der Waals surface area (Å²) in [4.78, 5) is 24.3. The fourth-order valence-electron chi connectivity index (χ4n) is 1.45. The maximum Gasteiger partial charge on any atom is 0.274 e. The molecule has 0 saturated carbocycles. The number of non-ortho nitro benzene ring substituents is 1. The van der Waals surface area contributed by atoms with Crippen LogP contribution < -0.4 is 5.32 Å². The zero-order valence-electron chi connectivity index (χ0n) is 9.31. The Morgan fingerprint density at radius 3 is 2.68 bits per heavy atom. The number of hydrogen-bond donors (Lipinski definition) is 2. The molecule has 0 atom stereocenters. The van der Waals surface area contributed by atoms with Gasteiger partial charge >= 0.3 is 0 Å². The Morgan fingerprint density at radius 1 is 1.37 bits per heavy atom. The van der Waals surface area contributed by atoms with Crippen molar-refractivity contribution in [3.63, 3.8) is 0 Å². The van der Waals surface area contributed by atoms with E-state index in [9.17, 15) is 19.3 Å². The first kappa shape index (κ1) is 13.2. The van der Waals surface area contributed by atoms with Crippen LogP contribution in [-0.2, 0) is 0 Å². The van der Waals surface area contributed by atoms with Crippen molar-refractivity contribution >= 4 is 33.2 Å². The molecule has 1 aromatic heterocycles. The monoisotopic (exact) mass is 327 g/mol. The van der Waals surface area contributed by atoms with Gasteiger partial charge in [0.15, 0.2) is 0 Å². The van der Waals surface area contributed by atoms with Crippen molar-refractivity contribution in [2.45, 2.75) is 0 Å². The van der Waals surface area contributed by atoms with Gasteiger partial charge in [-0.05, 0) is 28.1 Å². The fraction of sp³-hybridized carbons (Fsp3) is 0. The molecular weight excluding hydrogens is 321 g/mol. The van der Waals surface area contributed by atoms with Gasteiger partial charge in [0, 0.05) is 16.7 Å². The van der Waals surface area contributed by atoms with Gasteiger partial charge in [-0.1, -0.05) is 0 Å². The number of amides is 1. The zero-order chi connectivity index (χ0) is 14.0. The van der Waals surface area contributed by atoms with E-state index in [1.165, 1.54) is 6.07 Å². The van der Waals surface area contributed by atoms with E-state index in [-0.39, 0.29) is 11.4 Å². The van der Waals surface area contributed by atoms with Crippen LogP contribution in [0.25, 0.3) is 0 Å². The molecule has 19 heavy (non-hydrogen) atoms. The molecule has 0 bridgehead atoms. The minimum absolute atomic E-state index is 0.0161. The third kappa shape index (κ3) is 3.16. The van der Waals surface area contributed by atoms with Crippen LogP contribution in [0.1, 0.15) is 10.5 Å². The largest absolute Gasteiger partial charge is 0.356 e. The molecule has 2 N–H and O–H groups in total. The van der Waals surface area contributed by atoms with Crippen LogP contribution in [0.3, 0.4) is 0 Å². The standard InChI is InChI=1S/C11H7BrFN3O3/c12-6-1-10(14-5-6)11(17)15-8-2-7(13)3-9(4-8)16(18)19/h1-5,14H,(H,15,17). The normalized spacial score (nSPS) is 10.2. The van der Waals surface area contributed by atoms with Crippen LogP contribution in [0, 0.1) is 15.9 Å². The van der Waals surface area contributed by atoms with Gasteiger partial charge in [-0.15, -0.1) is 0 Å². The molecule has 2 aromatic rings. The lowest BCUT2D eigenvalue weighted by molar-refractivity contribution is -0.385. The second-order valence-corrected chi connectivity index (χ2v) is 4.56. The van der Waals surface area contributed by atoms with Gasteiger partial charge in [0.1, 0.15) is 11.5 Å². The first-order valence-electron chi connectivity index (χ1n) is 5.06. The first-order valence-corrected chi connectivity index (χ1v) is 5.85. The molecule has 0 radical (unpaired) electrons. The Bertz CT molecular complexity index is 656. The molecule has 1 aromatic carbocycles. The van der Waals surface area contributed by atoms with Gasteiger partial charge in [-0.2, -0.15) is 0 Å². The molecule has 1 heterocycles. The van der Waals surface area contributed by atoms with E-state index >= 15 is 0 Å². The maximum absolute atomic E-state index is 13.2. The minimum Gasteiger partial charge on any atom is -0.356 e. The zero-order valence-corrected chi connectivity index (χ0v) is 10.9. The smallest absolute Gasteiger partial charge is 0.274 e. The van der Waals surface area contributed by atoms with E-state index in [1.54, 1.807) is 6.20 Å². The topological polar surface area (TPSA) is 88.0 Å². The Morgan fingerprint density at radius 2 is 2.11 bits per heavy atom. The second-order valence-electron chi connectivity index (χ2n) is 3.64. The molecule has 0 saturated heterocycles. The lowest BCUT2D eigenvalue weighted by Crippen LogP contribution is -2.12. The number of aromatic nitrogens is 1. The number of carbonyl (C=O) groups excluding carboxylic acids is 1. The van der Waals surface area contributed by atoms with Gasteiger partial charge in [0.25, 0.3) is 11.6 Å². The Hall–Kier alpha value is -2.22. The number of carbonyl (C=O) groups is 1.